The fourth-order valence-electron chi connectivity index (χ4n) is 4.06. The lowest BCUT2D eigenvalue weighted by Gasteiger charge is -2.23. The Labute approximate surface area is 189 Å². The van der Waals surface area contributed by atoms with E-state index in [4.69, 9.17) is 4.74 Å². The molecule has 176 valence electrons. The van der Waals surface area contributed by atoms with Crippen LogP contribution >= 0.6 is 0 Å². The summed E-state index contributed by atoms with van der Waals surface area (Å²) in [5.74, 6) is 0.262. The van der Waals surface area contributed by atoms with Crippen molar-refractivity contribution in [1.29, 1.82) is 0 Å². The zero-order chi connectivity index (χ0) is 23.6. The molecule has 4 rings (SSSR count). The first kappa shape index (κ1) is 23.2. The minimum Gasteiger partial charge on any atom is -0.481 e. The molecule has 3 heterocycles. The zero-order valence-electron chi connectivity index (χ0n) is 17.9. The number of halogens is 3. The maximum Gasteiger partial charge on any atom is 0.242 e. The van der Waals surface area contributed by atoms with Gasteiger partial charge in [-0.3, -0.25) is 0 Å². The van der Waals surface area contributed by atoms with Crippen molar-refractivity contribution < 1.29 is 26.3 Å². The van der Waals surface area contributed by atoms with Gasteiger partial charge in [-0.2, -0.15) is 4.98 Å². The second-order valence-electron chi connectivity index (χ2n) is 7.95. The quantitative estimate of drug-likeness (QED) is 0.548. The van der Waals surface area contributed by atoms with Crippen LogP contribution in [0.25, 0.3) is 11.0 Å². The number of nitrogens with zero attached hydrogens (tertiary/aromatic N) is 3. The van der Waals surface area contributed by atoms with E-state index in [-0.39, 0.29) is 35.1 Å². The highest BCUT2D eigenvalue weighted by atomic mass is 32.2. The number of nitrogens with one attached hydrogen (secondary N) is 1. The average Bonchev–Trinajstić information content (AvgIpc) is 2.78. The zero-order valence-corrected chi connectivity index (χ0v) is 18.7. The highest BCUT2D eigenvalue weighted by Crippen LogP contribution is 2.36. The first-order valence-electron chi connectivity index (χ1n) is 10.5. The molecular formula is C22H23F3N4O3S. The summed E-state index contributed by atoms with van der Waals surface area (Å²) in [6.07, 6.45) is -1.05. The second-order valence-corrected chi connectivity index (χ2v) is 10.2. The molecular weight excluding hydrogens is 457 g/mol. The van der Waals surface area contributed by atoms with Crippen LogP contribution in [-0.4, -0.2) is 48.4 Å². The van der Waals surface area contributed by atoms with Crippen molar-refractivity contribution in [2.45, 2.75) is 38.2 Å². The topological polar surface area (TPSA) is 94.1 Å². The van der Waals surface area contributed by atoms with Crippen LogP contribution in [0.3, 0.4) is 0 Å². The third-order valence-electron chi connectivity index (χ3n) is 5.78. The monoisotopic (exact) mass is 480 g/mol. The summed E-state index contributed by atoms with van der Waals surface area (Å²) in [5.41, 5.74) is 1.32. The minimum absolute atomic E-state index is 0.0259. The van der Waals surface area contributed by atoms with Crippen LogP contribution in [0.1, 0.15) is 35.4 Å². The summed E-state index contributed by atoms with van der Waals surface area (Å²) in [5, 5.41) is 3.63. The normalized spacial score (nSPS) is 16.3. The van der Waals surface area contributed by atoms with Gasteiger partial charge in [0, 0.05) is 24.1 Å². The molecule has 0 amide bonds. The van der Waals surface area contributed by atoms with E-state index < -0.39 is 28.5 Å². The molecule has 3 aromatic rings. The molecule has 1 aliphatic rings. The second kappa shape index (κ2) is 9.50. The maximum absolute atomic E-state index is 14.6. The lowest BCUT2D eigenvalue weighted by atomic mass is 9.93. The number of fused-ring (bicyclic) bond motifs is 1. The van der Waals surface area contributed by atoms with Crippen LogP contribution in [-0.2, 0) is 22.8 Å². The van der Waals surface area contributed by atoms with Crippen molar-refractivity contribution in [1.82, 2.24) is 15.0 Å². The predicted octanol–water partition coefficient (Wildman–Crippen LogP) is 3.88. The average molecular weight is 481 g/mol. The number of pyridine rings is 1. The van der Waals surface area contributed by atoms with E-state index in [0.717, 1.165) is 5.56 Å². The van der Waals surface area contributed by atoms with Gasteiger partial charge in [-0.1, -0.05) is 18.2 Å². The Kier molecular flexibility index (Phi) is 6.68. The third kappa shape index (κ3) is 5.18. The third-order valence-corrected chi connectivity index (χ3v) is 7.50. The van der Waals surface area contributed by atoms with Crippen molar-refractivity contribution >= 4 is 26.7 Å². The van der Waals surface area contributed by atoms with Gasteiger partial charge < -0.3 is 10.1 Å². The Balaban J connectivity index is 1.64. The van der Waals surface area contributed by atoms with Gasteiger partial charge in [0.25, 0.3) is 0 Å². The molecule has 1 fully saturated rings. The van der Waals surface area contributed by atoms with Gasteiger partial charge in [0.1, 0.15) is 27.8 Å². The Hall–Kier alpha value is -2.95. The highest BCUT2D eigenvalue weighted by molar-refractivity contribution is 7.91. The van der Waals surface area contributed by atoms with Crippen LogP contribution in [0, 0.1) is 5.82 Å². The molecule has 1 N–H and O–H groups in total. The van der Waals surface area contributed by atoms with Gasteiger partial charge in [-0.15, -0.1) is 0 Å². The Bertz CT molecular complexity index is 1260. The lowest BCUT2D eigenvalue weighted by molar-refractivity contribution is 0.147. The summed E-state index contributed by atoms with van der Waals surface area (Å²) in [4.78, 5) is 12.9. The van der Waals surface area contributed by atoms with E-state index in [9.17, 15) is 21.6 Å². The van der Waals surface area contributed by atoms with E-state index >= 15 is 0 Å². The number of benzene rings is 1. The largest absolute Gasteiger partial charge is 0.481 e. The van der Waals surface area contributed by atoms with Crippen molar-refractivity contribution in [2.24, 2.45) is 0 Å². The molecule has 2 aromatic heterocycles. The number of hydrogen-bond acceptors (Lipinski definition) is 7. The van der Waals surface area contributed by atoms with E-state index in [1.807, 2.05) is 6.07 Å². The van der Waals surface area contributed by atoms with E-state index in [0.29, 0.717) is 35.6 Å². The number of hydrogen-bond donors (Lipinski definition) is 1. The summed E-state index contributed by atoms with van der Waals surface area (Å²) in [7, 11) is -1.54. The molecule has 0 atom stereocenters. The van der Waals surface area contributed by atoms with Crippen LogP contribution in [0.4, 0.5) is 19.0 Å². The van der Waals surface area contributed by atoms with Crippen LogP contribution in [0.5, 0.6) is 5.88 Å². The Morgan fingerprint density at radius 2 is 1.91 bits per heavy atom. The maximum atomic E-state index is 14.6. The highest BCUT2D eigenvalue weighted by Gasteiger charge is 2.28. The number of ether oxygens (including phenoxy) is 1. The van der Waals surface area contributed by atoms with Crippen LogP contribution < -0.4 is 10.1 Å². The Morgan fingerprint density at radius 1 is 1.18 bits per heavy atom. The molecule has 7 nitrogen and oxygen atoms in total. The molecule has 0 radical (unpaired) electrons. The van der Waals surface area contributed by atoms with Gasteiger partial charge >= 0.3 is 0 Å². The van der Waals surface area contributed by atoms with Gasteiger partial charge in [0.2, 0.25) is 12.3 Å². The van der Waals surface area contributed by atoms with Gasteiger partial charge in [0.15, 0.2) is 5.65 Å². The number of sulfone groups is 1. The summed E-state index contributed by atoms with van der Waals surface area (Å²) in [6, 6.07) is 6.24. The fourth-order valence-corrected chi connectivity index (χ4v) is 5.55. The molecule has 33 heavy (non-hydrogen) atoms. The van der Waals surface area contributed by atoms with Crippen molar-refractivity contribution in [3.63, 3.8) is 0 Å². The summed E-state index contributed by atoms with van der Waals surface area (Å²) >= 11 is 0. The van der Waals surface area contributed by atoms with Crippen molar-refractivity contribution in [2.75, 3.05) is 23.9 Å². The molecule has 0 unspecified atom stereocenters. The van der Waals surface area contributed by atoms with Gasteiger partial charge in [-0.05, 0) is 30.4 Å². The first-order valence-corrected chi connectivity index (χ1v) is 12.3. The molecule has 0 saturated carbocycles. The van der Waals surface area contributed by atoms with E-state index in [2.05, 4.69) is 20.3 Å². The molecule has 0 aliphatic carbocycles. The molecule has 11 heteroatoms. The summed E-state index contributed by atoms with van der Waals surface area (Å²) < 4.78 is 69.1. The number of anilines is 1. The van der Waals surface area contributed by atoms with Crippen molar-refractivity contribution in [3.05, 3.63) is 53.1 Å². The smallest absolute Gasteiger partial charge is 0.242 e. The molecule has 0 spiro atoms. The first-order chi connectivity index (χ1) is 15.8. The number of methoxy groups -OCH3 is 1. The number of aromatic nitrogens is 3. The van der Waals surface area contributed by atoms with E-state index in [1.165, 1.54) is 31.6 Å². The molecule has 1 aromatic carbocycles. The van der Waals surface area contributed by atoms with Crippen LogP contribution in [0.2, 0.25) is 0 Å². The predicted molar refractivity (Wildman–Crippen MR) is 118 cm³/mol. The molecule has 1 aliphatic heterocycles. The SMILES string of the molecule is COc1nc2ncnc(NCc3cccc(CC(F)F)c3F)c2cc1C1CCS(=O)(=O)CC1. The van der Waals surface area contributed by atoms with Crippen LogP contribution in [0.15, 0.2) is 30.6 Å². The van der Waals surface area contributed by atoms with Crippen molar-refractivity contribution in [3.8, 4) is 5.88 Å². The molecule has 0 bridgehead atoms. The van der Waals surface area contributed by atoms with E-state index in [1.54, 1.807) is 0 Å². The summed E-state index contributed by atoms with van der Waals surface area (Å²) in [6.45, 7) is 0.0259. The minimum atomic E-state index is -3.03. The van der Waals surface area contributed by atoms with Gasteiger partial charge in [-0.25, -0.2) is 31.6 Å². The standard InChI is InChI=1S/C22H23F3N4O3S/c1-32-22-16(13-5-7-33(30,31)8-6-13)10-17-20(27-12-28-21(17)29-22)26-11-15-4-2-3-14(19(15)25)9-18(23)24/h2-4,10,12-13,18H,5-9,11H2,1H3,(H,26,27,28,29). The fraction of sp³-hybridized carbons (Fsp3) is 0.409. The Morgan fingerprint density at radius 3 is 2.61 bits per heavy atom. The van der Waals surface area contributed by atoms with Gasteiger partial charge in [0.05, 0.1) is 24.0 Å². The molecule has 1 saturated heterocycles. The number of rotatable bonds is 7. The number of alkyl halides is 2. The lowest BCUT2D eigenvalue weighted by Crippen LogP contribution is -2.22.